The van der Waals surface area contributed by atoms with Crippen LogP contribution in [0.4, 0.5) is 5.95 Å². The van der Waals surface area contributed by atoms with Crippen molar-refractivity contribution >= 4 is 17.6 Å². The van der Waals surface area contributed by atoms with Gasteiger partial charge in [0.25, 0.3) is 0 Å². The van der Waals surface area contributed by atoms with Crippen LogP contribution in [0.15, 0.2) is 35.4 Å². The van der Waals surface area contributed by atoms with E-state index in [0.717, 1.165) is 10.4 Å². The highest BCUT2D eigenvalue weighted by atomic mass is 16.6. The maximum atomic E-state index is 11.7. The Morgan fingerprint density at radius 1 is 1.41 bits per heavy atom. The Morgan fingerprint density at radius 3 is 2.77 bits per heavy atom. The summed E-state index contributed by atoms with van der Waals surface area (Å²) in [6.07, 6.45) is 0.213. The standard InChI is InChI=1S/C12H13N7O3/c1-9(8-18-16-12(15-17-18)19(21)22)13-14-11(20)7-10-5-3-2-4-6-10/h2-6H,7-8H2,1H3,(H,14,20). The Kier molecular flexibility index (Phi) is 4.85. The summed E-state index contributed by atoms with van der Waals surface area (Å²) in [4.78, 5) is 22.4. The minimum absolute atomic E-state index is 0.0897. The number of nitrogens with zero attached hydrogens (tertiary/aromatic N) is 6. The summed E-state index contributed by atoms with van der Waals surface area (Å²) in [6.45, 7) is 1.73. The Morgan fingerprint density at radius 2 is 2.14 bits per heavy atom. The number of carbonyl (C=O) groups excluding carboxylic acids is 1. The van der Waals surface area contributed by atoms with Crippen LogP contribution in [0.1, 0.15) is 12.5 Å². The second kappa shape index (κ2) is 7.02. The molecular formula is C12H13N7O3. The zero-order chi connectivity index (χ0) is 15.9. The van der Waals surface area contributed by atoms with E-state index >= 15 is 0 Å². The Balaban J connectivity index is 1.86. The molecule has 0 aliphatic heterocycles. The van der Waals surface area contributed by atoms with Gasteiger partial charge in [0.2, 0.25) is 5.91 Å². The lowest BCUT2D eigenvalue weighted by atomic mass is 10.1. The monoisotopic (exact) mass is 303 g/mol. The maximum absolute atomic E-state index is 11.7. The van der Waals surface area contributed by atoms with Gasteiger partial charge in [-0.05, 0) is 17.4 Å². The maximum Gasteiger partial charge on any atom is 0.514 e. The number of hydrazone groups is 1. The van der Waals surface area contributed by atoms with Crippen molar-refractivity contribution in [3.8, 4) is 0 Å². The number of nitrogens with one attached hydrogen (secondary N) is 1. The number of rotatable bonds is 6. The van der Waals surface area contributed by atoms with Gasteiger partial charge < -0.3 is 10.1 Å². The molecule has 0 atom stereocenters. The Labute approximate surface area is 125 Å². The molecule has 1 N–H and O–H groups in total. The Bertz CT molecular complexity index is 696. The van der Waals surface area contributed by atoms with Crippen LogP contribution in [-0.4, -0.2) is 36.7 Å². The van der Waals surface area contributed by atoms with Gasteiger partial charge in [-0.2, -0.15) is 5.10 Å². The minimum Gasteiger partial charge on any atom is -0.390 e. The molecule has 10 heteroatoms. The molecule has 0 bridgehead atoms. The molecule has 0 saturated heterocycles. The molecule has 0 fully saturated rings. The first-order valence-corrected chi connectivity index (χ1v) is 6.32. The van der Waals surface area contributed by atoms with E-state index in [0.29, 0.717) is 5.71 Å². The van der Waals surface area contributed by atoms with Gasteiger partial charge in [-0.15, -0.1) is 0 Å². The van der Waals surface area contributed by atoms with Crippen molar-refractivity contribution in [2.24, 2.45) is 5.10 Å². The van der Waals surface area contributed by atoms with Gasteiger partial charge in [0.05, 0.1) is 22.3 Å². The van der Waals surface area contributed by atoms with Gasteiger partial charge in [0, 0.05) is 5.21 Å². The number of hydrogen-bond donors (Lipinski definition) is 1. The number of nitro groups is 1. The van der Waals surface area contributed by atoms with E-state index in [1.165, 1.54) is 0 Å². The lowest BCUT2D eigenvalue weighted by molar-refractivity contribution is -0.394. The van der Waals surface area contributed by atoms with Crippen molar-refractivity contribution < 1.29 is 9.72 Å². The van der Waals surface area contributed by atoms with Crippen molar-refractivity contribution in [1.29, 1.82) is 0 Å². The fourth-order valence-electron chi connectivity index (χ4n) is 1.59. The lowest BCUT2D eigenvalue weighted by Crippen LogP contribution is -2.22. The van der Waals surface area contributed by atoms with Gasteiger partial charge in [-0.1, -0.05) is 35.1 Å². The third-order valence-electron chi connectivity index (χ3n) is 2.55. The molecule has 1 aromatic heterocycles. The van der Waals surface area contributed by atoms with Crippen LogP contribution in [0.2, 0.25) is 0 Å². The second-order valence-corrected chi connectivity index (χ2v) is 4.42. The van der Waals surface area contributed by atoms with Crippen LogP contribution < -0.4 is 5.43 Å². The zero-order valence-corrected chi connectivity index (χ0v) is 11.7. The molecule has 0 radical (unpaired) electrons. The number of tetrazole rings is 1. The number of aromatic nitrogens is 4. The van der Waals surface area contributed by atoms with E-state index in [2.05, 4.69) is 25.9 Å². The summed E-state index contributed by atoms with van der Waals surface area (Å²) < 4.78 is 0. The predicted octanol–water partition coefficient (Wildman–Crippen LogP) is 0.316. The summed E-state index contributed by atoms with van der Waals surface area (Å²) in [5, 5.41) is 24.6. The molecule has 2 rings (SSSR count). The third kappa shape index (κ3) is 4.44. The summed E-state index contributed by atoms with van der Waals surface area (Å²) >= 11 is 0. The number of hydrogen-bond acceptors (Lipinski definition) is 7. The summed E-state index contributed by atoms with van der Waals surface area (Å²) in [7, 11) is 0. The van der Waals surface area contributed by atoms with Crippen molar-refractivity contribution in [1.82, 2.24) is 25.6 Å². The number of benzene rings is 1. The van der Waals surface area contributed by atoms with Gasteiger partial charge in [-0.3, -0.25) is 4.79 Å². The smallest absolute Gasteiger partial charge is 0.390 e. The molecule has 0 aliphatic carbocycles. The summed E-state index contributed by atoms with van der Waals surface area (Å²) in [5.74, 6) is -0.844. The molecule has 0 aliphatic rings. The predicted molar refractivity (Wildman–Crippen MR) is 75.9 cm³/mol. The van der Waals surface area contributed by atoms with Crippen LogP contribution in [0.25, 0.3) is 0 Å². The number of amides is 1. The van der Waals surface area contributed by atoms with Gasteiger partial charge in [0.15, 0.2) is 0 Å². The molecule has 1 amide bonds. The van der Waals surface area contributed by atoms with Crippen LogP contribution in [0, 0.1) is 10.1 Å². The molecule has 10 nitrogen and oxygen atoms in total. The average molecular weight is 303 g/mol. The molecule has 0 unspecified atom stereocenters. The number of carbonyl (C=O) groups is 1. The molecule has 0 spiro atoms. The molecule has 2 aromatic rings. The zero-order valence-electron chi connectivity index (χ0n) is 11.7. The van der Waals surface area contributed by atoms with Gasteiger partial charge in [-0.25, -0.2) is 5.43 Å². The quantitative estimate of drug-likeness (QED) is 0.465. The third-order valence-corrected chi connectivity index (χ3v) is 2.55. The highest BCUT2D eigenvalue weighted by Crippen LogP contribution is 1.99. The SMILES string of the molecule is CC(Cn1nnc([N+](=O)[O-])n1)=NNC(=O)Cc1ccccc1. The first-order valence-electron chi connectivity index (χ1n) is 6.32. The summed E-state index contributed by atoms with van der Waals surface area (Å²) in [6, 6.07) is 9.25. The second-order valence-electron chi connectivity index (χ2n) is 4.42. The van der Waals surface area contributed by atoms with Crippen molar-refractivity contribution in [2.45, 2.75) is 19.9 Å². The molecule has 114 valence electrons. The van der Waals surface area contributed by atoms with E-state index in [4.69, 9.17) is 0 Å². The van der Waals surface area contributed by atoms with Gasteiger partial charge in [0.1, 0.15) is 6.54 Å². The van der Waals surface area contributed by atoms with E-state index in [9.17, 15) is 14.9 Å². The van der Waals surface area contributed by atoms with Crippen LogP contribution in [0.3, 0.4) is 0 Å². The fourth-order valence-corrected chi connectivity index (χ4v) is 1.59. The lowest BCUT2D eigenvalue weighted by Gasteiger charge is -2.01. The van der Waals surface area contributed by atoms with E-state index in [-0.39, 0.29) is 18.9 Å². The highest BCUT2D eigenvalue weighted by Gasteiger charge is 2.15. The van der Waals surface area contributed by atoms with E-state index in [1.54, 1.807) is 6.92 Å². The normalized spacial score (nSPS) is 11.2. The van der Waals surface area contributed by atoms with Gasteiger partial charge >= 0.3 is 5.95 Å². The van der Waals surface area contributed by atoms with Crippen molar-refractivity contribution in [2.75, 3.05) is 0 Å². The summed E-state index contributed by atoms with van der Waals surface area (Å²) in [5.41, 5.74) is 3.76. The highest BCUT2D eigenvalue weighted by molar-refractivity contribution is 5.84. The first-order chi connectivity index (χ1) is 10.5. The molecule has 22 heavy (non-hydrogen) atoms. The van der Waals surface area contributed by atoms with E-state index in [1.807, 2.05) is 30.3 Å². The Hall–Kier alpha value is -3.17. The minimum atomic E-state index is -0.738. The molecular weight excluding hydrogens is 290 g/mol. The van der Waals surface area contributed by atoms with Crippen LogP contribution in [0.5, 0.6) is 0 Å². The van der Waals surface area contributed by atoms with Crippen molar-refractivity contribution in [3.05, 3.63) is 46.0 Å². The van der Waals surface area contributed by atoms with Crippen LogP contribution >= 0.6 is 0 Å². The fraction of sp³-hybridized carbons (Fsp3) is 0.250. The van der Waals surface area contributed by atoms with Crippen LogP contribution in [-0.2, 0) is 17.8 Å². The molecule has 0 saturated carbocycles. The largest absolute Gasteiger partial charge is 0.514 e. The average Bonchev–Trinajstić information content (AvgIpc) is 2.95. The first kappa shape index (κ1) is 15.2. The topological polar surface area (TPSA) is 128 Å². The van der Waals surface area contributed by atoms with Crippen molar-refractivity contribution in [3.63, 3.8) is 0 Å². The molecule has 1 heterocycles. The molecule has 1 aromatic carbocycles. The van der Waals surface area contributed by atoms with E-state index < -0.39 is 10.9 Å².